The molecule has 2 aromatic carbocycles. The minimum absolute atomic E-state index is 0.0112. The maximum Gasteiger partial charge on any atom is 0.337 e. The smallest absolute Gasteiger partial charge is 0.337 e. The minimum Gasteiger partial charge on any atom is -0.465 e. The largest absolute Gasteiger partial charge is 0.465 e. The Labute approximate surface area is 144 Å². The first-order chi connectivity index (χ1) is 11.9. The zero-order valence-corrected chi connectivity index (χ0v) is 13.7. The first kappa shape index (κ1) is 17.9. The van der Waals surface area contributed by atoms with Crippen molar-refractivity contribution in [2.45, 2.75) is 6.92 Å². The third-order valence-electron chi connectivity index (χ3n) is 3.44. The molecule has 0 fully saturated rings. The summed E-state index contributed by atoms with van der Waals surface area (Å²) in [5, 5.41) is 13.3. The lowest BCUT2D eigenvalue weighted by molar-refractivity contribution is -0.384. The Balaban J connectivity index is 2.04. The van der Waals surface area contributed by atoms with Crippen molar-refractivity contribution in [1.29, 1.82) is 0 Å². The van der Waals surface area contributed by atoms with Crippen LogP contribution in [0, 0.1) is 17.0 Å². The maximum absolute atomic E-state index is 12.0. The third kappa shape index (κ3) is 4.74. The van der Waals surface area contributed by atoms with Gasteiger partial charge in [-0.25, -0.2) is 4.79 Å². The number of anilines is 1. The van der Waals surface area contributed by atoms with Crippen molar-refractivity contribution in [3.8, 4) is 0 Å². The number of nitro groups is 1. The number of ether oxygens (including phenoxy) is 1. The summed E-state index contributed by atoms with van der Waals surface area (Å²) in [5.74, 6) is -0.800. The van der Waals surface area contributed by atoms with Gasteiger partial charge in [-0.2, -0.15) is 0 Å². The fourth-order valence-electron chi connectivity index (χ4n) is 2.10. The summed E-state index contributed by atoms with van der Waals surface area (Å²) < 4.78 is 4.64. The lowest BCUT2D eigenvalue weighted by Gasteiger charge is -2.08. The van der Waals surface area contributed by atoms with E-state index in [4.69, 9.17) is 0 Å². The number of aryl methyl sites for hydroxylation is 1. The van der Waals surface area contributed by atoms with Crippen LogP contribution in [0.3, 0.4) is 0 Å². The highest BCUT2D eigenvalue weighted by atomic mass is 16.6. The van der Waals surface area contributed by atoms with Crippen molar-refractivity contribution in [2.75, 3.05) is 12.4 Å². The van der Waals surface area contributed by atoms with Crippen molar-refractivity contribution in [1.82, 2.24) is 0 Å². The highest BCUT2D eigenvalue weighted by molar-refractivity contribution is 6.02. The Hall–Kier alpha value is -3.48. The molecular weight excluding hydrogens is 324 g/mol. The molecule has 0 saturated carbocycles. The number of nitrogens with one attached hydrogen (secondary N) is 1. The number of amides is 1. The van der Waals surface area contributed by atoms with Crippen molar-refractivity contribution in [3.05, 3.63) is 75.3 Å². The number of rotatable bonds is 5. The molecule has 7 nitrogen and oxygen atoms in total. The van der Waals surface area contributed by atoms with Gasteiger partial charge in [0.05, 0.1) is 17.6 Å². The fraction of sp³-hybridized carbons (Fsp3) is 0.111. The van der Waals surface area contributed by atoms with E-state index in [2.05, 4.69) is 10.1 Å². The summed E-state index contributed by atoms with van der Waals surface area (Å²) in [7, 11) is 1.30. The van der Waals surface area contributed by atoms with Crippen molar-refractivity contribution < 1.29 is 19.2 Å². The third-order valence-corrected chi connectivity index (χ3v) is 3.44. The Morgan fingerprint density at radius 3 is 2.40 bits per heavy atom. The predicted octanol–water partition coefficient (Wildman–Crippen LogP) is 3.34. The average molecular weight is 340 g/mol. The monoisotopic (exact) mass is 340 g/mol. The Bertz CT molecular complexity index is 841. The van der Waals surface area contributed by atoms with Crippen molar-refractivity contribution in [2.24, 2.45) is 0 Å². The lowest BCUT2D eigenvalue weighted by atomic mass is 10.1. The van der Waals surface area contributed by atoms with Crippen LogP contribution < -0.4 is 5.32 Å². The van der Waals surface area contributed by atoms with Gasteiger partial charge in [0.25, 0.3) is 5.69 Å². The van der Waals surface area contributed by atoms with Crippen LogP contribution in [-0.4, -0.2) is 23.9 Å². The molecule has 2 rings (SSSR count). The summed E-state index contributed by atoms with van der Waals surface area (Å²) in [4.78, 5) is 33.6. The van der Waals surface area contributed by atoms with E-state index in [1.807, 2.05) is 0 Å². The van der Waals surface area contributed by atoms with E-state index in [0.29, 0.717) is 16.8 Å². The molecule has 0 spiro atoms. The minimum atomic E-state index is -0.485. The summed E-state index contributed by atoms with van der Waals surface area (Å²) in [6.07, 6.45) is 2.88. The van der Waals surface area contributed by atoms with Crippen LogP contribution in [-0.2, 0) is 9.53 Å². The van der Waals surface area contributed by atoms with E-state index in [9.17, 15) is 19.7 Å². The second kappa shape index (κ2) is 7.87. The van der Waals surface area contributed by atoms with E-state index in [1.165, 1.54) is 25.3 Å². The SMILES string of the molecule is COC(=O)c1ccc(NC(=O)/C=C/c2ccc([N+](=O)[O-])cc2)c(C)c1. The van der Waals surface area contributed by atoms with Crippen molar-refractivity contribution in [3.63, 3.8) is 0 Å². The molecule has 0 atom stereocenters. The van der Waals surface area contributed by atoms with Crippen LogP contribution in [0.5, 0.6) is 0 Å². The molecule has 1 N–H and O–H groups in total. The van der Waals surface area contributed by atoms with Crippen LogP contribution in [0.15, 0.2) is 48.5 Å². The average Bonchev–Trinajstić information content (AvgIpc) is 2.61. The van der Waals surface area contributed by atoms with Crippen LogP contribution >= 0.6 is 0 Å². The zero-order valence-electron chi connectivity index (χ0n) is 13.7. The normalized spacial score (nSPS) is 10.5. The van der Waals surface area contributed by atoms with Gasteiger partial charge in [0, 0.05) is 23.9 Å². The number of esters is 1. The zero-order chi connectivity index (χ0) is 18.4. The van der Waals surface area contributed by atoms with Gasteiger partial charge in [0.15, 0.2) is 0 Å². The van der Waals surface area contributed by atoms with E-state index in [1.54, 1.807) is 43.3 Å². The molecule has 0 bridgehead atoms. The second-order valence-corrected chi connectivity index (χ2v) is 5.19. The van der Waals surface area contributed by atoms with Crippen LogP contribution in [0.1, 0.15) is 21.5 Å². The molecule has 0 aliphatic carbocycles. The molecule has 0 unspecified atom stereocenters. The van der Waals surface area contributed by atoms with Gasteiger partial charge in [-0.3, -0.25) is 14.9 Å². The first-order valence-corrected chi connectivity index (χ1v) is 7.33. The van der Waals surface area contributed by atoms with E-state index < -0.39 is 10.9 Å². The number of nitro benzene ring substituents is 1. The van der Waals surface area contributed by atoms with Gasteiger partial charge in [-0.15, -0.1) is 0 Å². The van der Waals surface area contributed by atoms with Gasteiger partial charge >= 0.3 is 5.97 Å². The van der Waals surface area contributed by atoms with Gasteiger partial charge in [0.1, 0.15) is 0 Å². The van der Waals surface area contributed by atoms with Crippen LogP contribution in [0.2, 0.25) is 0 Å². The lowest BCUT2D eigenvalue weighted by Crippen LogP contribution is -2.10. The van der Waals surface area contributed by atoms with Crippen molar-refractivity contribution >= 4 is 29.3 Å². The fourth-order valence-corrected chi connectivity index (χ4v) is 2.10. The summed E-state index contributed by atoms with van der Waals surface area (Å²) >= 11 is 0. The summed E-state index contributed by atoms with van der Waals surface area (Å²) in [6.45, 7) is 1.77. The molecule has 0 aliphatic rings. The molecule has 0 saturated heterocycles. The molecule has 25 heavy (non-hydrogen) atoms. The molecule has 0 radical (unpaired) electrons. The van der Waals surface area contributed by atoms with Crippen LogP contribution in [0.25, 0.3) is 6.08 Å². The number of benzene rings is 2. The molecule has 1 amide bonds. The summed E-state index contributed by atoms with van der Waals surface area (Å²) in [6, 6.07) is 10.7. The number of carbonyl (C=O) groups excluding carboxylic acids is 2. The Kier molecular flexibility index (Phi) is 5.62. The van der Waals surface area contributed by atoms with Gasteiger partial charge < -0.3 is 10.1 Å². The number of nitrogens with zero attached hydrogens (tertiary/aromatic N) is 1. The molecule has 0 heterocycles. The Morgan fingerprint density at radius 1 is 1.16 bits per heavy atom. The second-order valence-electron chi connectivity index (χ2n) is 5.19. The van der Waals surface area contributed by atoms with E-state index in [0.717, 1.165) is 5.56 Å². The number of carbonyl (C=O) groups is 2. The van der Waals surface area contributed by atoms with Crippen LogP contribution in [0.4, 0.5) is 11.4 Å². The highest BCUT2D eigenvalue weighted by Gasteiger charge is 2.08. The van der Waals surface area contributed by atoms with E-state index in [-0.39, 0.29) is 11.6 Å². The van der Waals surface area contributed by atoms with Gasteiger partial charge in [-0.1, -0.05) is 0 Å². The summed E-state index contributed by atoms with van der Waals surface area (Å²) in [5.41, 5.74) is 2.35. The molecule has 0 aliphatic heterocycles. The molecule has 0 aromatic heterocycles. The molecule has 2 aromatic rings. The van der Waals surface area contributed by atoms with E-state index >= 15 is 0 Å². The van der Waals surface area contributed by atoms with Gasteiger partial charge in [-0.05, 0) is 54.5 Å². The maximum atomic E-state index is 12.0. The highest BCUT2D eigenvalue weighted by Crippen LogP contribution is 2.17. The molecule has 128 valence electrons. The molecule has 7 heteroatoms. The number of methoxy groups -OCH3 is 1. The number of hydrogen-bond donors (Lipinski definition) is 1. The first-order valence-electron chi connectivity index (χ1n) is 7.33. The Morgan fingerprint density at radius 2 is 1.84 bits per heavy atom. The standard InChI is InChI=1S/C18H16N2O5/c1-12-11-14(18(22)25-2)6-9-16(12)19-17(21)10-5-13-3-7-15(8-4-13)20(23)24/h3-11H,1-2H3,(H,19,21)/b10-5+. The predicted molar refractivity (Wildman–Crippen MR) is 93.3 cm³/mol. The van der Waals surface area contributed by atoms with Gasteiger partial charge in [0.2, 0.25) is 5.91 Å². The number of hydrogen-bond acceptors (Lipinski definition) is 5. The topological polar surface area (TPSA) is 98.5 Å². The number of non-ortho nitro benzene ring substituents is 1. The molecular formula is C18H16N2O5. The quantitative estimate of drug-likeness (QED) is 0.389.